The van der Waals surface area contributed by atoms with Gasteiger partial charge in [0, 0.05) is 24.7 Å². The number of likely N-dealkylation sites (tertiary alicyclic amines) is 1. The van der Waals surface area contributed by atoms with Crippen LogP contribution in [0.4, 0.5) is 4.39 Å². The Labute approximate surface area is 94.0 Å². The lowest BCUT2D eigenvalue weighted by atomic mass is 10.1. The Balaban J connectivity index is 2.15. The molecule has 0 radical (unpaired) electrons. The summed E-state index contributed by atoms with van der Waals surface area (Å²) in [6.45, 7) is 1.24. The van der Waals surface area contributed by atoms with Crippen LogP contribution in [0.3, 0.4) is 0 Å². The molecule has 0 unspecified atom stereocenters. The van der Waals surface area contributed by atoms with E-state index in [1.165, 1.54) is 24.3 Å². The smallest absolute Gasteiger partial charge is 0.254 e. The van der Waals surface area contributed by atoms with Crippen LogP contribution in [0.5, 0.6) is 0 Å². The number of rotatable bonds is 2. The molecule has 1 aliphatic heterocycles. The third kappa shape index (κ3) is 2.07. The van der Waals surface area contributed by atoms with Crippen molar-refractivity contribution in [3.05, 3.63) is 35.6 Å². The Morgan fingerprint density at radius 3 is 2.75 bits per heavy atom. The highest BCUT2D eigenvalue weighted by molar-refractivity contribution is 5.94. The Kier molecular flexibility index (Phi) is 3.19. The molecule has 1 amide bonds. The quantitative estimate of drug-likeness (QED) is 0.822. The average molecular weight is 222 g/mol. The number of carbonyl (C=O) groups is 1. The fraction of sp³-hybridized carbons (Fsp3) is 0.417. The molecule has 1 aliphatic rings. The summed E-state index contributed by atoms with van der Waals surface area (Å²) < 4.78 is 12.7. The number of halogens is 1. The van der Waals surface area contributed by atoms with E-state index in [0.29, 0.717) is 12.1 Å². The summed E-state index contributed by atoms with van der Waals surface area (Å²) in [7, 11) is 0. The van der Waals surface area contributed by atoms with Gasteiger partial charge >= 0.3 is 0 Å². The van der Waals surface area contributed by atoms with E-state index in [-0.39, 0.29) is 17.8 Å². The van der Waals surface area contributed by atoms with Crippen molar-refractivity contribution in [2.24, 2.45) is 5.73 Å². The number of amides is 1. The fourth-order valence-corrected chi connectivity index (χ4v) is 2.11. The lowest BCUT2D eigenvalue weighted by molar-refractivity contribution is 0.0741. The number of nitrogens with zero attached hydrogens (tertiary/aromatic N) is 1. The molecule has 4 heteroatoms. The van der Waals surface area contributed by atoms with Crippen LogP contribution in [-0.4, -0.2) is 29.9 Å². The molecule has 86 valence electrons. The van der Waals surface area contributed by atoms with Crippen LogP contribution in [-0.2, 0) is 0 Å². The van der Waals surface area contributed by atoms with Crippen LogP contribution in [0.2, 0.25) is 0 Å². The van der Waals surface area contributed by atoms with E-state index in [0.717, 1.165) is 19.4 Å². The average Bonchev–Trinajstić information content (AvgIpc) is 2.77. The molecule has 0 spiro atoms. The van der Waals surface area contributed by atoms with E-state index in [9.17, 15) is 9.18 Å². The summed E-state index contributed by atoms with van der Waals surface area (Å²) >= 11 is 0. The van der Waals surface area contributed by atoms with Crippen molar-refractivity contribution in [2.45, 2.75) is 18.9 Å². The minimum Gasteiger partial charge on any atom is -0.334 e. The second-order valence-electron chi connectivity index (χ2n) is 4.04. The number of hydrogen-bond acceptors (Lipinski definition) is 2. The highest BCUT2D eigenvalue weighted by Crippen LogP contribution is 2.19. The zero-order chi connectivity index (χ0) is 11.5. The van der Waals surface area contributed by atoms with Gasteiger partial charge in [0.1, 0.15) is 5.82 Å². The number of benzene rings is 1. The zero-order valence-corrected chi connectivity index (χ0v) is 9.03. The van der Waals surface area contributed by atoms with Gasteiger partial charge < -0.3 is 10.6 Å². The minimum absolute atomic E-state index is 0.0482. The largest absolute Gasteiger partial charge is 0.334 e. The van der Waals surface area contributed by atoms with Crippen LogP contribution in [0.25, 0.3) is 0 Å². The van der Waals surface area contributed by atoms with Crippen molar-refractivity contribution < 1.29 is 9.18 Å². The van der Waals surface area contributed by atoms with Crippen molar-refractivity contribution in [2.75, 3.05) is 13.1 Å². The lowest BCUT2D eigenvalue weighted by Crippen LogP contribution is -2.39. The summed E-state index contributed by atoms with van der Waals surface area (Å²) in [4.78, 5) is 13.9. The second kappa shape index (κ2) is 4.61. The molecule has 0 bridgehead atoms. The van der Waals surface area contributed by atoms with Gasteiger partial charge in [-0.15, -0.1) is 0 Å². The molecule has 1 saturated heterocycles. The van der Waals surface area contributed by atoms with E-state index in [4.69, 9.17) is 5.73 Å². The standard InChI is InChI=1S/C12H15FN2O/c13-10-5-3-9(4-6-10)12(16)15-7-1-2-11(15)8-14/h3-6,11H,1-2,7-8,14H2/t11-/m0/s1. The van der Waals surface area contributed by atoms with Crippen LogP contribution >= 0.6 is 0 Å². The number of hydrogen-bond donors (Lipinski definition) is 1. The monoisotopic (exact) mass is 222 g/mol. The van der Waals surface area contributed by atoms with Crippen molar-refractivity contribution in [3.8, 4) is 0 Å². The molecule has 0 aliphatic carbocycles. The highest BCUT2D eigenvalue weighted by Gasteiger charge is 2.28. The first-order valence-corrected chi connectivity index (χ1v) is 5.49. The first-order valence-electron chi connectivity index (χ1n) is 5.49. The van der Waals surface area contributed by atoms with E-state index in [1.807, 2.05) is 0 Å². The first-order chi connectivity index (χ1) is 7.72. The molecular formula is C12H15FN2O. The summed E-state index contributed by atoms with van der Waals surface area (Å²) in [5, 5.41) is 0. The molecule has 0 aromatic heterocycles. The van der Waals surface area contributed by atoms with E-state index < -0.39 is 0 Å². The van der Waals surface area contributed by atoms with Gasteiger partial charge in [-0.2, -0.15) is 0 Å². The Morgan fingerprint density at radius 1 is 1.44 bits per heavy atom. The van der Waals surface area contributed by atoms with Crippen LogP contribution in [0.1, 0.15) is 23.2 Å². The maximum Gasteiger partial charge on any atom is 0.254 e. The van der Waals surface area contributed by atoms with Crippen molar-refractivity contribution >= 4 is 5.91 Å². The Morgan fingerprint density at radius 2 is 2.12 bits per heavy atom. The van der Waals surface area contributed by atoms with E-state index in [1.54, 1.807) is 4.90 Å². The van der Waals surface area contributed by atoms with Gasteiger partial charge in [0.25, 0.3) is 5.91 Å². The van der Waals surface area contributed by atoms with Gasteiger partial charge in [0.15, 0.2) is 0 Å². The second-order valence-corrected chi connectivity index (χ2v) is 4.04. The minimum atomic E-state index is -0.326. The topological polar surface area (TPSA) is 46.3 Å². The SMILES string of the molecule is NC[C@@H]1CCCN1C(=O)c1ccc(F)cc1. The van der Waals surface area contributed by atoms with Gasteiger partial charge in [-0.3, -0.25) is 4.79 Å². The van der Waals surface area contributed by atoms with Gasteiger partial charge in [-0.1, -0.05) is 0 Å². The Hall–Kier alpha value is -1.42. The number of nitrogens with two attached hydrogens (primary N) is 1. The molecule has 1 heterocycles. The molecule has 3 nitrogen and oxygen atoms in total. The molecule has 1 aromatic rings. The van der Waals surface area contributed by atoms with E-state index >= 15 is 0 Å². The van der Waals surface area contributed by atoms with Crippen molar-refractivity contribution in [3.63, 3.8) is 0 Å². The van der Waals surface area contributed by atoms with Crippen LogP contribution in [0.15, 0.2) is 24.3 Å². The normalized spacial score (nSPS) is 20.1. The van der Waals surface area contributed by atoms with Gasteiger partial charge in [0.2, 0.25) is 0 Å². The molecule has 1 fully saturated rings. The Bertz CT molecular complexity index is 377. The maximum atomic E-state index is 12.7. The molecule has 16 heavy (non-hydrogen) atoms. The summed E-state index contributed by atoms with van der Waals surface area (Å²) in [5.74, 6) is -0.374. The highest BCUT2D eigenvalue weighted by atomic mass is 19.1. The van der Waals surface area contributed by atoms with Crippen LogP contribution in [0, 0.1) is 5.82 Å². The summed E-state index contributed by atoms with van der Waals surface area (Å²) in [5.41, 5.74) is 6.14. The van der Waals surface area contributed by atoms with Crippen LogP contribution < -0.4 is 5.73 Å². The number of carbonyl (C=O) groups excluding carboxylic acids is 1. The zero-order valence-electron chi connectivity index (χ0n) is 9.03. The lowest BCUT2D eigenvalue weighted by Gasteiger charge is -2.23. The predicted molar refractivity (Wildman–Crippen MR) is 59.5 cm³/mol. The fourth-order valence-electron chi connectivity index (χ4n) is 2.11. The van der Waals surface area contributed by atoms with Crippen molar-refractivity contribution in [1.82, 2.24) is 4.90 Å². The molecule has 1 atom stereocenters. The summed E-state index contributed by atoms with van der Waals surface area (Å²) in [6.07, 6.45) is 1.96. The van der Waals surface area contributed by atoms with E-state index in [2.05, 4.69) is 0 Å². The molecule has 0 saturated carbocycles. The van der Waals surface area contributed by atoms with Gasteiger partial charge in [0.05, 0.1) is 0 Å². The molecular weight excluding hydrogens is 207 g/mol. The molecule has 1 aromatic carbocycles. The third-order valence-corrected chi connectivity index (χ3v) is 3.00. The third-order valence-electron chi connectivity index (χ3n) is 3.00. The molecule has 2 rings (SSSR count). The van der Waals surface area contributed by atoms with Crippen molar-refractivity contribution in [1.29, 1.82) is 0 Å². The van der Waals surface area contributed by atoms with Gasteiger partial charge in [-0.25, -0.2) is 4.39 Å². The first kappa shape index (κ1) is 11.1. The summed E-state index contributed by atoms with van der Waals surface area (Å²) in [6, 6.07) is 5.78. The molecule has 2 N–H and O–H groups in total. The predicted octanol–water partition coefficient (Wildman–Crippen LogP) is 1.39. The maximum absolute atomic E-state index is 12.7. The van der Waals surface area contributed by atoms with Gasteiger partial charge in [-0.05, 0) is 37.1 Å².